The molecule has 4 nitrogen and oxygen atoms in total. The number of aliphatic hydroxyl groups excluding tert-OH is 1. The molecular weight excluding hydrogens is 206 g/mol. The summed E-state index contributed by atoms with van der Waals surface area (Å²) < 4.78 is 10.8. The molecule has 1 rings (SSSR count). The van der Waals surface area contributed by atoms with E-state index >= 15 is 0 Å². The predicted octanol–water partition coefficient (Wildman–Crippen LogP) is 1.04. The van der Waals surface area contributed by atoms with Gasteiger partial charge in [-0.3, -0.25) is 0 Å². The standard InChI is InChI=1S/C12H19NO3/c1-3-15-11-4-6-12(7-5-11)16-9-10(8-14)13-2/h4-7,10,13-14H,3,8-9H2,1-2H3. The van der Waals surface area contributed by atoms with Gasteiger partial charge in [0.05, 0.1) is 19.3 Å². The molecule has 0 aliphatic heterocycles. The topological polar surface area (TPSA) is 50.7 Å². The van der Waals surface area contributed by atoms with Gasteiger partial charge in [-0.25, -0.2) is 0 Å². The Balaban J connectivity index is 2.42. The van der Waals surface area contributed by atoms with Gasteiger partial charge in [0.2, 0.25) is 0 Å². The zero-order chi connectivity index (χ0) is 11.8. The molecule has 0 aromatic heterocycles. The third kappa shape index (κ3) is 4.08. The van der Waals surface area contributed by atoms with Crippen molar-refractivity contribution in [1.82, 2.24) is 5.32 Å². The molecule has 4 heteroatoms. The van der Waals surface area contributed by atoms with Crippen LogP contribution in [0, 0.1) is 0 Å². The van der Waals surface area contributed by atoms with Gasteiger partial charge in [0.25, 0.3) is 0 Å². The van der Waals surface area contributed by atoms with Crippen LogP contribution in [0.25, 0.3) is 0 Å². The highest BCUT2D eigenvalue weighted by atomic mass is 16.5. The van der Waals surface area contributed by atoms with Gasteiger partial charge in [0.15, 0.2) is 0 Å². The summed E-state index contributed by atoms with van der Waals surface area (Å²) in [6.45, 7) is 3.12. The zero-order valence-corrected chi connectivity index (χ0v) is 9.77. The molecule has 0 aliphatic rings. The Hall–Kier alpha value is -1.26. The Bertz CT molecular complexity index is 283. The van der Waals surface area contributed by atoms with E-state index in [4.69, 9.17) is 14.6 Å². The lowest BCUT2D eigenvalue weighted by Crippen LogP contribution is -2.34. The monoisotopic (exact) mass is 225 g/mol. The first-order valence-electron chi connectivity index (χ1n) is 5.44. The Morgan fingerprint density at radius 3 is 2.19 bits per heavy atom. The van der Waals surface area contributed by atoms with E-state index in [1.54, 1.807) is 7.05 Å². The average molecular weight is 225 g/mol. The minimum atomic E-state index is -0.0356. The van der Waals surface area contributed by atoms with Crippen LogP contribution < -0.4 is 14.8 Å². The number of hydrogen-bond acceptors (Lipinski definition) is 4. The SMILES string of the molecule is CCOc1ccc(OCC(CO)NC)cc1. The number of benzene rings is 1. The number of nitrogens with one attached hydrogen (secondary N) is 1. The van der Waals surface area contributed by atoms with E-state index in [2.05, 4.69) is 5.32 Å². The molecule has 2 N–H and O–H groups in total. The fourth-order valence-corrected chi connectivity index (χ4v) is 1.22. The number of ether oxygens (including phenoxy) is 2. The third-order valence-electron chi connectivity index (χ3n) is 2.21. The van der Waals surface area contributed by atoms with Crippen molar-refractivity contribution in [3.8, 4) is 11.5 Å². The molecule has 0 saturated carbocycles. The third-order valence-corrected chi connectivity index (χ3v) is 2.21. The van der Waals surface area contributed by atoms with Crippen molar-refractivity contribution in [2.45, 2.75) is 13.0 Å². The van der Waals surface area contributed by atoms with Crippen molar-refractivity contribution >= 4 is 0 Å². The summed E-state index contributed by atoms with van der Waals surface area (Å²) in [6, 6.07) is 7.41. The Kier molecular flexibility index (Phi) is 5.67. The normalized spacial score (nSPS) is 12.2. The van der Waals surface area contributed by atoms with E-state index in [0.29, 0.717) is 13.2 Å². The molecule has 0 saturated heterocycles. The van der Waals surface area contributed by atoms with Crippen molar-refractivity contribution < 1.29 is 14.6 Å². The smallest absolute Gasteiger partial charge is 0.119 e. The average Bonchev–Trinajstić information content (AvgIpc) is 2.33. The van der Waals surface area contributed by atoms with Gasteiger partial charge in [-0.1, -0.05) is 0 Å². The molecule has 0 fully saturated rings. The van der Waals surface area contributed by atoms with Crippen LogP contribution in [0.1, 0.15) is 6.92 Å². The van der Waals surface area contributed by atoms with Crippen LogP contribution in [-0.4, -0.2) is 38.0 Å². The first-order valence-corrected chi connectivity index (χ1v) is 5.44. The van der Waals surface area contributed by atoms with Gasteiger partial charge in [-0.2, -0.15) is 0 Å². The Morgan fingerprint density at radius 2 is 1.75 bits per heavy atom. The van der Waals surface area contributed by atoms with Gasteiger partial charge in [0, 0.05) is 0 Å². The summed E-state index contributed by atoms with van der Waals surface area (Å²) in [5, 5.41) is 11.9. The van der Waals surface area contributed by atoms with Crippen LogP contribution in [0.15, 0.2) is 24.3 Å². The van der Waals surface area contributed by atoms with Gasteiger partial charge in [0.1, 0.15) is 18.1 Å². The number of hydrogen-bond donors (Lipinski definition) is 2. The van der Waals surface area contributed by atoms with Crippen molar-refractivity contribution in [2.75, 3.05) is 26.9 Å². The van der Waals surface area contributed by atoms with Gasteiger partial charge >= 0.3 is 0 Å². The maximum Gasteiger partial charge on any atom is 0.119 e. The van der Waals surface area contributed by atoms with Crippen LogP contribution in [0.4, 0.5) is 0 Å². The maximum absolute atomic E-state index is 8.96. The van der Waals surface area contributed by atoms with Crippen LogP contribution in [0.2, 0.25) is 0 Å². The van der Waals surface area contributed by atoms with Crippen molar-refractivity contribution in [2.24, 2.45) is 0 Å². The van der Waals surface area contributed by atoms with Crippen LogP contribution in [-0.2, 0) is 0 Å². The molecular formula is C12H19NO3. The highest BCUT2D eigenvalue weighted by molar-refractivity contribution is 5.31. The maximum atomic E-state index is 8.96. The molecule has 1 atom stereocenters. The molecule has 0 heterocycles. The lowest BCUT2D eigenvalue weighted by Gasteiger charge is -2.14. The molecule has 0 radical (unpaired) electrons. The van der Waals surface area contributed by atoms with Gasteiger partial charge in [-0.05, 0) is 38.2 Å². The molecule has 90 valence electrons. The fraction of sp³-hybridized carbons (Fsp3) is 0.500. The predicted molar refractivity (Wildman–Crippen MR) is 63.0 cm³/mol. The lowest BCUT2D eigenvalue weighted by molar-refractivity contribution is 0.189. The van der Waals surface area contributed by atoms with Gasteiger partial charge in [-0.15, -0.1) is 0 Å². The van der Waals surface area contributed by atoms with Crippen molar-refractivity contribution in [3.05, 3.63) is 24.3 Å². The summed E-state index contributed by atoms with van der Waals surface area (Å²) >= 11 is 0. The molecule has 1 unspecified atom stereocenters. The highest BCUT2D eigenvalue weighted by Gasteiger charge is 2.04. The number of likely N-dealkylation sites (N-methyl/N-ethyl adjacent to an activating group) is 1. The summed E-state index contributed by atoms with van der Waals surface area (Å²) in [7, 11) is 1.79. The lowest BCUT2D eigenvalue weighted by atomic mass is 10.3. The van der Waals surface area contributed by atoms with E-state index in [0.717, 1.165) is 11.5 Å². The Morgan fingerprint density at radius 1 is 1.19 bits per heavy atom. The molecule has 0 amide bonds. The molecule has 0 aliphatic carbocycles. The summed E-state index contributed by atoms with van der Waals surface area (Å²) in [4.78, 5) is 0. The molecule has 16 heavy (non-hydrogen) atoms. The van der Waals surface area contributed by atoms with Crippen molar-refractivity contribution in [3.63, 3.8) is 0 Å². The molecule has 0 spiro atoms. The van der Waals surface area contributed by atoms with E-state index in [1.165, 1.54) is 0 Å². The van der Waals surface area contributed by atoms with Crippen LogP contribution in [0.3, 0.4) is 0 Å². The number of rotatable bonds is 7. The van der Waals surface area contributed by atoms with Crippen LogP contribution in [0.5, 0.6) is 11.5 Å². The second kappa shape index (κ2) is 7.09. The molecule has 1 aromatic rings. The minimum Gasteiger partial charge on any atom is -0.494 e. The Labute approximate surface area is 96.2 Å². The van der Waals surface area contributed by atoms with E-state index in [-0.39, 0.29) is 12.6 Å². The first-order chi connectivity index (χ1) is 7.80. The second-order valence-electron chi connectivity index (χ2n) is 3.38. The number of aliphatic hydroxyl groups is 1. The quantitative estimate of drug-likeness (QED) is 0.728. The van der Waals surface area contributed by atoms with Crippen LogP contribution >= 0.6 is 0 Å². The molecule has 1 aromatic carbocycles. The fourth-order valence-electron chi connectivity index (χ4n) is 1.22. The summed E-state index contributed by atoms with van der Waals surface area (Å²) in [6.07, 6.45) is 0. The summed E-state index contributed by atoms with van der Waals surface area (Å²) in [5.74, 6) is 1.61. The minimum absolute atomic E-state index is 0.0356. The molecule has 0 bridgehead atoms. The van der Waals surface area contributed by atoms with E-state index in [1.807, 2.05) is 31.2 Å². The van der Waals surface area contributed by atoms with E-state index < -0.39 is 0 Å². The van der Waals surface area contributed by atoms with Crippen molar-refractivity contribution in [1.29, 1.82) is 0 Å². The second-order valence-corrected chi connectivity index (χ2v) is 3.38. The zero-order valence-electron chi connectivity index (χ0n) is 9.77. The van der Waals surface area contributed by atoms with Gasteiger partial charge < -0.3 is 19.9 Å². The van der Waals surface area contributed by atoms with E-state index in [9.17, 15) is 0 Å². The first kappa shape index (κ1) is 12.8. The largest absolute Gasteiger partial charge is 0.494 e. The summed E-state index contributed by atoms with van der Waals surface area (Å²) in [5.41, 5.74) is 0. The highest BCUT2D eigenvalue weighted by Crippen LogP contribution is 2.17.